The Labute approximate surface area is 110 Å². The fourth-order valence-electron chi connectivity index (χ4n) is 1.60. The maximum atomic E-state index is 12.1. The summed E-state index contributed by atoms with van der Waals surface area (Å²) in [6, 6.07) is -0.0756. The topological polar surface area (TPSA) is 70.5 Å². The molecule has 1 heterocycles. The number of carboxylic acid groups (broad SMARTS) is 1. The number of aromatic nitrogens is 1. The minimum Gasteiger partial charge on any atom is -0.480 e. The van der Waals surface area contributed by atoms with Crippen molar-refractivity contribution in [2.75, 3.05) is 6.54 Å². The van der Waals surface area contributed by atoms with Gasteiger partial charge in [0.15, 0.2) is 0 Å². The highest BCUT2D eigenvalue weighted by molar-refractivity contribution is 7.09. The molecule has 1 aromatic heterocycles. The van der Waals surface area contributed by atoms with Gasteiger partial charge in [0.1, 0.15) is 6.54 Å². The Morgan fingerprint density at radius 1 is 1.56 bits per heavy atom. The first-order valence-corrected chi connectivity index (χ1v) is 6.74. The summed E-state index contributed by atoms with van der Waals surface area (Å²) >= 11 is 1.49. The molecule has 0 saturated heterocycles. The first kappa shape index (κ1) is 14.6. The van der Waals surface area contributed by atoms with Crippen LogP contribution in [0.1, 0.15) is 31.0 Å². The SMILES string of the molecule is CCC(C)N(CC(=O)O)C(=O)Cc1csc(C)n1. The molecule has 18 heavy (non-hydrogen) atoms. The molecule has 0 bridgehead atoms. The molecule has 0 radical (unpaired) electrons. The number of carbonyl (C=O) groups is 2. The van der Waals surface area contributed by atoms with Crippen LogP contribution in [0.15, 0.2) is 5.38 Å². The Hall–Kier alpha value is -1.43. The molecular weight excluding hydrogens is 252 g/mol. The van der Waals surface area contributed by atoms with Gasteiger partial charge in [-0.25, -0.2) is 4.98 Å². The molecule has 0 aliphatic carbocycles. The number of rotatable bonds is 6. The molecule has 0 spiro atoms. The number of aryl methyl sites for hydroxylation is 1. The summed E-state index contributed by atoms with van der Waals surface area (Å²) in [5.41, 5.74) is 0.709. The predicted molar refractivity (Wildman–Crippen MR) is 69.7 cm³/mol. The van der Waals surface area contributed by atoms with E-state index in [1.54, 1.807) is 0 Å². The van der Waals surface area contributed by atoms with E-state index < -0.39 is 5.97 Å². The maximum Gasteiger partial charge on any atom is 0.323 e. The van der Waals surface area contributed by atoms with E-state index in [0.29, 0.717) is 5.69 Å². The normalized spacial score (nSPS) is 12.2. The zero-order valence-corrected chi connectivity index (χ0v) is 11.7. The van der Waals surface area contributed by atoms with Crippen LogP contribution in [-0.2, 0) is 16.0 Å². The summed E-state index contributed by atoms with van der Waals surface area (Å²) in [6.45, 7) is 5.41. The van der Waals surface area contributed by atoms with Gasteiger partial charge in [-0.3, -0.25) is 9.59 Å². The minimum absolute atomic E-state index is 0.0756. The van der Waals surface area contributed by atoms with E-state index >= 15 is 0 Å². The summed E-state index contributed by atoms with van der Waals surface area (Å²) in [4.78, 5) is 28.5. The number of aliphatic carboxylic acids is 1. The van der Waals surface area contributed by atoms with E-state index in [2.05, 4.69) is 4.98 Å². The van der Waals surface area contributed by atoms with Gasteiger partial charge in [-0.1, -0.05) is 6.92 Å². The van der Waals surface area contributed by atoms with Gasteiger partial charge in [-0.05, 0) is 20.3 Å². The number of hydrogen-bond donors (Lipinski definition) is 1. The van der Waals surface area contributed by atoms with E-state index in [1.807, 2.05) is 26.2 Å². The number of thiazole rings is 1. The lowest BCUT2D eigenvalue weighted by Gasteiger charge is -2.26. The van der Waals surface area contributed by atoms with Crippen molar-refractivity contribution >= 4 is 23.2 Å². The van der Waals surface area contributed by atoms with Crippen molar-refractivity contribution in [2.24, 2.45) is 0 Å². The van der Waals surface area contributed by atoms with Gasteiger partial charge < -0.3 is 10.0 Å². The van der Waals surface area contributed by atoms with Gasteiger partial charge in [0.05, 0.1) is 17.1 Å². The molecular formula is C12H18N2O3S. The average molecular weight is 270 g/mol. The monoisotopic (exact) mass is 270 g/mol. The second kappa shape index (κ2) is 6.49. The lowest BCUT2D eigenvalue weighted by Crippen LogP contribution is -2.42. The number of nitrogens with zero attached hydrogens (tertiary/aromatic N) is 2. The van der Waals surface area contributed by atoms with Gasteiger partial charge in [0.2, 0.25) is 5.91 Å². The van der Waals surface area contributed by atoms with Crippen LogP contribution in [0.2, 0.25) is 0 Å². The summed E-state index contributed by atoms with van der Waals surface area (Å²) in [5.74, 6) is -1.17. The van der Waals surface area contributed by atoms with Crippen LogP contribution in [-0.4, -0.2) is 39.5 Å². The van der Waals surface area contributed by atoms with Crippen molar-refractivity contribution in [2.45, 2.75) is 39.7 Å². The molecule has 0 saturated carbocycles. The van der Waals surface area contributed by atoms with Crippen LogP contribution in [0.5, 0.6) is 0 Å². The zero-order chi connectivity index (χ0) is 13.7. The molecule has 1 amide bonds. The lowest BCUT2D eigenvalue weighted by molar-refractivity contribution is -0.145. The third-order valence-corrected chi connectivity index (χ3v) is 3.57. The summed E-state index contributed by atoms with van der Waals surface area (Å²) in [6.07, 6.45) is 0.900. The van der Waals surface area contributed by atoms with Crippen LogP contribution in [0.3, 0.4) is 0 Å². The van der Waals surface area contributed by atoms with Crippen molar-refractivity contribution < 1.29 is 14.7 Å². The average Bonchev–Trinajstić information content (AvgIpc) is 2.70. The van der Waals surface area contributed by atoms with Crippen LogP contribution in [0, 0.1) is 6.92 Å². The molecule has 0 aromatic carbocycles. The quantitative estimate of drug-likeness (QED) is 0.854. The fraction of sp³-hybridized carbons (Fsp3) is 0.583. The van der Waals surface area contributed by atoms with Crippen molar-refractivity contribution in [3.8, 4) is 0 Å². The molecule has 1 unspecified atom stereocenters. The van der Waals surface area contributed by atoms with E-state index in [4.69, 9.17) is 5.11 Å². The van der Waals surface area contributed by atoms with Crippen LogP contribution in [0.25, 0.3) is 0 Å². The standard InChI is InChI=1S/C12H18N2O3S/c1-4-8(2)14(6-12(16)17)11(15)5-10-7-18-9(3)13-10/h7-8H,4-6H2,1-3H3,(H,16,17). The van der Waals surface area contributed by atoms with Gasteiger partial charge in [0, 0.05) is 11.4 Å². The molecule has 5 nitrogen and oxygen atoms in total. The van der Waals surface area contributed by atoms with E-state index in [9.17, 15) is 9.59 Å². The van der Waals surface area contributed by atoms with Crippen molar-refractivity contribution in [1.29, 1.82) is 0 Å². The Morgan fingerprint density at radius 2 is 2.22 bits per heavy atom. The second-order valence-corrected chi connectivity index (χ2v) is 5.27. The molecule has 0 aliphatic rings. The van der Waals surface area contributed by atoms with E-state index in [-0.39, 0.29) is 24.9 Å². The van der Waals surface area contributed by atoms with Crippen LogP contribution < -0.4 is 0 Å². The number of carboxylic acids is 1. The van der Waals surface area contributed by atoms with Gasteiger partial charge in [-0.2, -0.15) is 0 Å². The van der Waals surface area contributed by atoms with Gasteiger partial charge >= 0.3 is 5.97 Å². The van der Waals surface area contributed by atoms with Crippen LogP contribution >= 0.6 is 11.3 Å². The van der Waals surface area contributed by atoms with Crippen LogP contribution in [0.4, 0.5) is 0 Å². The molecule has 100 valence electrons. The first-order chi connectivity index (χ1) is 8.43. The van der Waals surface area contributed by atoms with Crippen molar-refractivity contribution in [3.05, 3.63) is 16.1 Å². The molecule has 1 N–H and O–H groups in total. The van der Waals surface area contributed by atoms with Gasteiger partial charge in [-0.15, -0.1) is 11.3 Å². The van der Waals surface area contributed by atoms with Crippen molar-refractivity contribution in [1.82, 2.24) is 9.88 Å². The lowest BCUT2D eigenvalue weighted by atomic mass is 10.2. The second-order valence-electron chi connectivity index (χ2n) is 4.21. The van der Waals surface area contributed by atoms with Crippen molar-refractivity contribution in [3.63, 3.8) is 0 Å². The predicted octanol–water partition coefficient (Wildman–Crippen LogP) is 1.71. The molecule has 0 fully saturated rings. The van der Waals surface area contributed by atoms with E-state index in [1.165, 1.54) is 16.2 Å². The van der Waals surface area contributed by atoms with Gasteiger partial charge in [0.25, 0.3) is 0 Å². The number of hydrogen-bond acceptors (Lipinski definition) is 4. The fourth-order valence-corrected chi connectivity index (χ4v) is 2.21. The smallest absolute Gasteiger partial charge is 0.323 e. The zero-order valence-electron chi connectivity index (χ0n) is 10.8. The Kier molecular flexibility index (Phi) is 5.27. The summed E-state index contributed by atoms with van der Waals surface area (Å²) in [5, 5.41) is 11.6. The highest BCUT2D eigenvalue weighted by Gasteiger charge is 2.22. The maximum absolute atomic E-state index is 12.1. The third kappa shape index (κ3) is 4.10. The highest BCUT2D eigenvalue weighted by atomic mass is 32.1. The first-order valence-electron chi connectivity index (χ1n) is 5.86. The summed E-state index contributed by atoms with van der Waals surface area (Å²) < 4.78 is 0. The molecule has 1 atom stereocenters. The molecule has 0 aliphatic heterocycles. The molecule has 1 aromatic rings. The Balaban J connectivity index is 2.72. The van der Waals surface area contributed by atoms with E-state index in [0.717, 1.165) is 11.4 Å². The number of carbonyl (C=O) groups excluding carboxylic acids is 1. The molecule has 1 rings (SSSR count). The largest absolute Gasteiger partial charge is 0.480 e. The number of amides is 1. The molecule has 6 heteroatoms. The summed E-state index contributed by atoms with van der Waals surface area (Å²) in [7, 11) is 0. The Morgan fingerprint density at radius 3 is 2.67 bits per heavy atom. The Bertz CT molecular complexity index is 431. The highest BCUT2D eigenvalue weighted by Crippen LogP contribution is 2.11. The third-order valence-electron chi connectivity index (χ3n) is 2.75. The minimum atomic E-state index is -0.988.